The molecular formula is C62H62N2. The first-order valence-corrected chi connectivity index (χ1v) is 23.2. The molecule has 10 aromatic rings. The van der Waals surface area contributed by atoms with Gasteiger partial charge in [0.05, 0.1) is 28.1 Å². The fraction of sp³-hybridized carbons (Fsp3) is 0.258. The summed E-state index contributed by atoms with van der Waals surface area (Å²) in [6, 6.07) is 60.4. The van der Waals surface area contributed by atoms with Crippen LogP contribution in [0.1, 0.15) is 105 Å². The number of hydrogen-bond acceptors (Lipinski definition) is 1. The summed E-state index contributed by atoms with van der Waals surface area (Å²) in [5.74, 6) is 0. The van der Waals surface area contributed by atoms with Gasteiger partial charge in [0, 0.05) is 32.8 Å². The highest BCUT2D eigenvalue weighted by Gasteiger charge is 2.27. The number of rotatable bonds is 5. The van der Waals surface area contributed by atoms with E-state index in [9.17, 15) is 0 Å². The van der Waals surface area contributed by atoms with Gasteiger partial charge in [0.25, 0.3) is 0 Å². The van der Waals surface area contributed by atoms with Crippen LogP contribution < -0.4 is 4.90 Å². The van der Waals surface area contributed by atoms with Gasteiger partial charge in [-0.1, -0.05) is 192 Å². The summed E-state index contributed by atoms with van der Waals surface area (Å²) in [6.45, 7) is 27.9. The summed E-state index contributed by atoms with van der Waals surface area (Å²) in [4.78, 5) is 2.55. The Morgan fingerprint density at radius 2 is 0.828 bits per heavy atom. The molecule has 0 radical (unpaired) electrons. The second-order valence-corrected chi connectivity index (χ2v) is 22.4. The van der Waals surface area contributed by atoms with Crippen molar-refractivity contribution in [2.45, 2.75) is 105 Å². The van der Waals surface area contributed by atoms with Crippen molar-refractivity contribution in [1.82, 2.24) is 4.57 Å². The maximum atomic E-state index is 2.55. The molecule has 0 saturated heterocycles. The van der Waals surface area contributed by atoms with Gasteiger partial charge in [-0.25, -0.2) is 0 Å². The number of aromatic nitrogens is 1. The van der Waals surface area contributed by atoms with E-state index >= 15 is 0 Å². The molecule has 0 atom stereocenters. The monoisotopic (exact) mass is 834 g/mol. The van der Waals surface area contributed by atoms with Crippen molar-refractivity contribution in [3.63, 3.8) is 0 Å². The lowest BCUT2D eigenvalue weighted by Crippen LogP contribution is -2.18. The van der Waals surface area contributed by atoms with E-state index in [4.69, 9.17) is 0 Å². The Labute approximate surface area is 380 Å². The van der Waals surface area contributed by atoms with Crippen LogP contribution in [0.2, 0.25) is 0 Å². The van der Waals surface area contributed by atoms with Crippen LogP contribution in [-0.4, -0.2) is 4.57 Å². The van der Waals surface area contributed by atoms with E-state index in [0.29, 0.717) is 0 Å². The zero-order valence-electron chi connectivity index (χ0n) is 39.9. The van der Waals surface area contributed by atoms with Crippen molar-refractivity contribution in [2.75, 3.05) is 4.90 Å². The molecule has 0 spiro atoms. The average molecular weight is 835 g/mol. The number of anilines is 3. The van der Waals surface area contributed by atoms with E-state index < -0.39 is 0 Å². The van der Waals surface area contributed by atoms with Crippen molar-refractivity contribution in [1.29, 1.82) is 0 Å². The van der Waals surface area contributed by atoms with Gasteiger partial charge in [-0.15, -0.1) is 0 Å². The van der Waals surface area contributed by atoms with Crippen molar-refractivity contribution in [2.24, 2.45) is 0 Å². The second-order valence-electron chi connectivity index (χ2n) is 22.4. The Kier molecular flexibility index (Phi) is 9.48. The van der Waals surface area contributed by atoms with Crippen LogP contribution in [0, 0.1) is 0 Å². The lowest BCUT2D eigenvalue weighted by atomic mass is 9.78. The minimum atomic E-state index is -0.0396. The maximum absolute atomic E-state index is 2.55. The van der Waals surface area contributed by atoms with Gasteiger partial charge in [0.1, 0.15) is 0 Å². The van der Waals surface area contributed by atoms with Gasteiger partial charge in [0.15, 0.2) is 0 Å². The molecule has 0 bridgehead atoms. The van der Waals surface area contributed by atoms with E-state index in [1.54, 1.807) is 0 Å². The summed E-state index contributed by atoms with van der Waals surface area (Å²) in [5, 5.41) is 10.1. The van der Waals surface area contributed by atoms with Crippen LogP contribution in [0.15, 0.2) is 158 Å². The molecule has 1 heterocycles. The van der Waals surface area contributed by atoms with Gasteiger partial charge in [-0.3, -0.25) is 0 Å². The molecule has 0 unspecified atom stereocenters. The highest BCUT2D eigenvalue weighted by atomic mass is 15.1. The molecule has 1 aromatic heterocycles. The summed E-state index contributed by atoms with van der Waals surface area (Å²) in [6.07, 6.45) is 0. The van der Waals surface area contributed by atoms with Crippen LogP contribution >= 0.6 is 0 Å². The number of fused-ring (bicyclic) bond motifs is 3. The molecular weight excluding hydrogens is 773 g/mol. The van der Waals surface area contributed by atoms with Crippen molar-refractivity contribution in [3.8, 4) is 16.8 Å². The van der Waals surface area contributed by atoms with Crippen LogP contribution in [0.5, 0.6) is 0 Å². The van der Waals surface area contributed by atoms with Crippen LogP contribution in [0.3, 0.4) is 0 Å². The topological polar surface area (TPSA) is 8.17 Å². The maximum Gasteiger partial charge on any atom is 0.0541 e. The SMILES string of the molecule is CC(C)(C)c1ccc(N(c2ccc(C(C)(C)C)cc2-c2cc(C(C)(C)C)cc(C(C)(C)C)c2)c2ccc3ccc4c(-n5c6ccccc6c6ccccc65)ccc5ccc2c3c54)cc1. The van der Waals surface area contributed by atoms with Gasteiger partial charge < -0.3 is 9.47 Å². The largest absolute Gasteiger partial charge is 0.309 e. The lowest BCUT2D eigenvalue weighted by Gasteiger charge is -2.32. The van der Waals surface area contributed by atoms with Gasteiger partial charge in [-0.05, 0) is 120 Å². The highest BCUT2D eigenvalue weighted by Crippen LogP contribution is 2.49. The molecule has 0 amide bonds. The first-order valence-electron chi connectivity index (χ1n) is 23.2. The number of para-hydroxylation sites is 2. The van der Waals surface area contributed by atoms with Crippen molar-refractivity contribution in [3.05, 3.63) is 180 Å². The zero-order chi connectivity index (χ0) is 45.1. The van der Waals surface area contributed by atoms with Gasteiger partial charge in [-0.2, -0.15) is 0 Å². The van der Waals surface area contributed by atoms with E-state index in [1.165, 1.54) is 105 Å². The second kappa shape index (κ2) is 14.6. The predicted octanol–water partition coefficient (Wildman–Crippen LogP) is 18.0. The van der Waals surface area contributed by atoms with Crippen LogP contribution in [-0.2, 0) is 21.7 Å². The summed E-state index contributed by atoms with van der Waals surface area (Å²) in [7, 11) is 0. The smallest absolute Gasteiger partial charge is 0.0541 e. The molecule has 0 aliphatic carbocycles. The number of benzene rings is 9. The summed E-state index contributed by atoms with van der Waals surface area (Å²) >= 11 is 0. The molecule has 0 aliphatic heterocycles. The fourth-order valence-corrected chi connectivity index (χ4v) is 9.94. The van der Waals surface area contributed by atoms with Crippen LogP contribution in [0.25, 0.3) is 70.9 Å². The lowest BCUT2D eigenvalue weighted by molar-refractivity contribution is 0.569. The molecule has 64 heavy (non-hydrogen) atoms. The molecule has 10 rings (SSSR count). The Morgan fingerprint density at radius 1 is 0.359 bits per heavy atom. The van der Waals surface area contributed by atoms with Crippen molar-refractivity contribution >= 4 is 71.2 Å². The Balaban J connectivity index is 1.28. The molecule has 320 valence electrons. The third-order valence-corrected chi connectivity index (χ3v) is 13.8. The first kappa shape index (κ1) is 41.6. The highest BCUT2D eigenvalue weighted by molar-refractivity contribution is 6.27. The molecule has 0 aliphatic rings. The Hall–Kier alpha value is -6.38. The summed E-state index contributed by atoms with van der Waals surface area (Å²) in [5.41, 5.74) is 14.9. The van der Waals surface area contributed by atoms with Crippen molar-refractivity contribution < 1.29 is 0 Å². The standard InChI is InChI=1S/C62H62N2/c1-59(2,3)42-25-28-46(29-26-42)63(56-34-27-43(60(4,5)6)38-51(56)41-35-44(61(7,8)9)37-45(36-41)62(10,11)12)54-32-23-39-22-31-50-55(33-24-40-21-30-49(54)57(39)58(40)50)64-52-19-15-13-17-47(52)48-18-14-16-20-53(48)64/h13-38H,1-12H3. The Bertz CT molecular complexity index is 3320. The van der Waals surface area contributed by atoms with E-state index in [-0.39, 0.29) is 21.7 Å². The predicted molar refractivity (Wildman–Crippen MR) is 279 cm³/mol. The Morgan fingerprint density at radius 3 is 1.39 bits per heavy atom. The fourth-order valence-electron chi connectivity index (χ4n) is 9.94. The number of nitrogens with zero attached hydrogens (tertiary/aromatic N) is 2. The third-order valence-electron chi connectivity index (χ3n) is 13.8. The quantitative estimate of drug-likeness (QED) is 0.157. The number of hydrogen-bond donors (Lipinski definition) is 0. The summed E-state index contributed by atoms with van der Waals surface area (Å²) < 4.78 is 2.47. The first-order chi connectivity index (χ1) is 30.3. The third kappa shape index (κ3) is 6.94. The minimum absolute atomic E-state index is 0.0234. The normalized spacial score (nSPS) is 13.0. The van der Waals surface area contributed by atoms with E-state index in [1.807, 2.05) is 0 Å². The minimum Gasteiger partial charge on any atom is -0.309 e. The molecule has 0 saturated carbocycles. The molecule has 2 nitrogen and oxygen atoms in total. The molecule has 9 aromatic carbocycles. The van der Waals surface area contributed by atoms with Gasteiger partial charge in [0.2, 0.25) is 0 Å². The molecule has 0 fully saturated rings. The van der Waals surface area contributed by atoms with E-state index in [0.717, 1.165) is 5.69 Å². The van der Waals surface area contributed by atoms with E-state index in [2.05, 4.69) is 250 Å². The van der Waals surface area contributed by atoms with Crippen LogP contribution in [0.4, 0.5) is 17.1 Å². The molecule has 0 N–H and O–H groups in total. The molecule has 2 heteroatoms. The average Bonchev–Trinajstić information content (AvgIpc) is 3.59. The zero-order valence-corrected chi connectivity index (χ0v) is 39.9. The van der Waals surface area contributed by atoms with Gasteiger partial charge >= 0.3 is 0 Å².